The van der Waals surface area contributed by atoms with Crippen LogP contribution in [0.3, 0.4) is 0 Å². The number of thiocarbonyl (C=S) groups is 2. The summed E-state index contributed by atoms with van der Waals surface area (Å²) >= 11 is 13.8. The Hall–Kier alpha value is -0.590. The molecule has 0 bridgehead atoms. The van der Waals surface area contributed by atoms with Crippen molar-refractivity contribution in [3.8, 4) is 0 Å². The van der Waals surface area contributed by atoms with E-state index in [4.69, 9.17) is 24.4 Å². The second-order valence-electron chi connectivity index (χ2n) is 3.71. The van der Waals surface area contributed by atoms with Crippen LogP contribution in [0, 0.1) is 5.92 Å². The van der Waals surface area contributed by atoms with E-state index in [0.717, 1.165) is 15.8 Å². The first-order chi connectivity index (χ1) is 7.43. The Labute approximate surface area is 113 Å². The lowest BCUT2D eigenvalue weighted by molar-refractivity contribution is -0.128. The number of halogens is 1. The van der Waals surface area contributed by atoms with Crippen LogP contribution in [0.25, 0.3) is 0 Å². The number of allylic oxidation sites excluding steroid dienone is 3. The van der Waals surface area contributed by atoms with E-state index in [9.17, 15) is 4.79 Å². The van der Waals surface area contributed by atoms with Crippen molar-refractivity contribution in [3.63, 3.8) is 0 Å². The molecule has 2 rings (SSSR count). The predicted molar refractivity (Wildman–Crippen MR) is 74.3 cm³/mol. The highest BCUT2D eigenvalue weighted by atomic mass is 79.9. The van der Waals surface area contributed by atoms with Gasteiger partial charge in [0.05, 0.1) is 0 Å². The quantitative estimate of drug-likeness (QED) is 0.692. The van der Waals surface area contributed by atoms with Gasteiger partial charge in [0.15, 0.2) is 5.11 Å². The fourth-order valence-electron chi connectivity index (χ4n) is 1.70. The Balaban J connectivity index is 2.54. The van der Waals surface area contributed by atoms with E-state index in [1.165, 1.54) is 4.90 Å². The molecule has 0 aromatic rings. The molecule has 3 nitrogen and oxygen atoms in total. The summed E-state index contributed by atoms with van der Waals surface area (Å²) in [5.74, 6) is -0.487. The summed E-state index contributed by atoms with van der Waals surface area (Å²) < 4.78 is 0.840. The van der Waals surface area contributed by atoms with Crippen molar-refractivity contribution in [2.24, 2.45) is 5.92 Å². The molecule has 1 aliphatic heterocycles. The van der Waals surface area contributed by atoms with Gasteiger partial charge in [-0.25, -0.2) is 0 Å². The standard InChI is InChI=1S/C10H9BrN2OS2/c1-4-3-5(11)7-6(8(4)15)9(14)13(2)10(16)12-7/h3,6H,1-2H3,(H,12,16). The second kappa shape index (κ2) is 4.01. The van der Waals surface area contributed by atoms with E-state index >= 15 is 0 Å². The normalized spacial score (nSPS) is 25.4. The molecule has 1 atom stereocenters. The average Bonchev–Trinajstić information content (AvgIpc) is 2.22. The molecular weight excluding hydrogens is 308 g/mol. The molecule has 1 saturated heterocycles. The zero-order valence-corrected chi connectivity index (χ0v) is 11.9. The van der Waals surface area contributed by atoms with Gasteiger partial charge in [0.2, 0.25) is 5.91 Å². The highest BCUT2D eigenvalue weighted by molar-refractivity contribution is 9.11. The number of carbonyl (C=O) groups excluding carboxylic acids is 1. The van der Waals surface area contributed by atoms with Crippen molar-refractivity contribution in [2.45, 2.75) is 6.92 Å². The van der Waals surface area contributed by atoms with Crippen LogP contribution in [0.1, 0.15) is 6.92 Å². The van der Waals surface area contributed by atoms with Crippen LogP contribution in [-0.4, -0.2) is 27.8 Å². The predicted octanol–water partition coefficient (Wildman–Crippen LogP) is 1.89. The van der Waals surface area contributed by atoms with Gasteiger partial charge in [0.25, 0.3) is 0 Å². The molecule has 1 aliphatic carbocycles. The van der Waals surface area contributed by atoms with Crippen molar-refractivity contribution in [2.75, 3.05) is 7.05 Å². The highest BCUT2D eigenvalue weighted by Crippen LogP contribution is 2.32. The zero-order chi connectivity index (χ0) is 12.0. The van der Waals surface area contributed by atoms with Crippen molar-refractivity contribution in [1.82, 2.24) is 10.2 Å². The van der Waals surface area contributed by atoms with Crippen molar-refractivity contribution >= 4 is 56.2 Å². The van der Waals surface area contributed by atoms with Crippen LogP contribution in [-0.2, 0) is 4.79 Å². The molecule has 6 heteroatoms. The molecule has 2 aliphatic rings. The number of amides is 1. The number of hydrogen-bond acceptors (Lipinski definition) is 3. The number of fused-ring (bicyclic) bond motifs is 1. The summed E-state index contributed by atoms with van der Waals surface area (Å²) in [5.41, 5.74) is 1.69. The minimum atomic E-state index is -0.411. The molecule has 1 unspecified atom stereocenters. The van der Waals surface area contributed by atoms with E-state index < -0.39 is 5.92 Å². The van der Waals surface area contributed by atoms with Gasteiger partial charge in [0.1, 0.15) is 5.92 Å². The molecule has 84 valence electrons. The summed E-state index contributed by atoms with van der Waals surface area (Å²) in [6.45, 7) is 1.90. The largest absolute Gasteiger partial charge is 0.334 e. The monoisotopic (exact) mass is 316 g/mol. The molecule has 16 heavy (non-hydrogen) atoms. The summed E-state index contributed by atoms with van der Waals surface area (Å²) in [6, 6.07) is 0. The van der Waals surface area contributed by atoms with E-state index in [0.29, 0.717) is 9.98 Å². The molecule has 1 N–H and O–H groups in total. The smallest absolute Gasteiger partial charge is 0.242 e. The van der Waals surface area contributed by atoms with Gasteiger partial charge in [-0.2, -0.15) is 0 Å². The van der Waals surface area contributed by atoms with Crippen molar-refractivity contribution < 1.29 is 4.79 Å². The molecule has 1 fully saturated rings. The minimum absolute atomic E-state index is 0.0758. The third kappa shape index (κ3) is 1.65. The number of nitrogens with zero attached hydrogens (tertiary/aromatic N) is 1. The van der Waals surface area contributed by atoms with E-state index in [2.05, 4.69) is 21.2 Å². The molecule has 1 amide bonds. The molecule has 0 saturated carbocycles. The lowest BCUT2D eigenvalue weighted by Crippen LogP contribution is -2.54. The third-order valence-corrected chi connectivity index (χ3v) is 4.25. The van der Waals surface area contributed by atoms with Crippen LogP contribution in [0.5, 0.6) is 0 Å². The average molecular weight is 317 g/mol. The minimum Gasteiger partial charge on any atom is -0.334 e. The number of nitrogens with one attached hydrogen (secondary N) is 1. The second-order valence-corrected chi connectivity index (χ2v) is 5.39. The number of carbonyl (C=O) groups is 1. The van der Waals surface area contributed by atoms with Crippen molar-refractivity contribution in [3.05, 3.63) is 21.8 Å². The third-order valence-electron chi connectivity index (χ3n) is 2.66. The van der Waals surface area contributed by atoms with E-state index in [-0.39, 0.29) is 5.91 Å². The summed E-state index contributed by atoms with van der Waals surface area (Å²) in [5, 5.41) is 3.44. The lowest BCUT2D eigenvalue weighted by Gasteiger charge is -2.36. The SMILES string of the molecule is CC1=CC(Br)=C2NC(=S)N(C)C(=O)C2C1=S. The Morgan fingerprint density at radius 1 is 1.50 bits per heavy atom. The van der Waals surface area contributed by atoms with Gasteiger partial charge in [-0.3, -0.25) is 9.69 Å². The van der Waals surface area contributed by atoms with Gasteiger partial charge in [0, 0.05) is 22.1 Å². The maximum Gasteiger partial charge on any atom is 0.242 e. The van der Waals surface area contributed by atoms with Crippen LogP contribution < -0.4 is 5.32 Å². The van der Waals surface area contributed by atoms with Crippen LogP contribution in [0.4, 0.5) is 0 Å². The van der Waals surface area contributed by atoms with Gasteiger partial charge >= 0.3 is 0 Å². The van der Waals surface area contributed by atoms with E-state index in [1.807, 2.05) is 13.0 Å². The molecular formula is C10H9BrN2OS2. The molecule has 0 spiro atoms. The number of rotatable bonds is 0. The topological polar surface area (TPSA) is 32.3 Å². The first-order valence-corrected chi connectivity index (χ1v) is 6.25. The van der Waals surface area contributed by atoms with Gasteiger partial charge in [-0.15, -0.1) is 0 Å². The Morgan fingerprint density at radius 2 is 2.12 bits per heavy atom. The molecule has 1 heterocycles. The number of hydrogen-bond donors (Lipinski definition) is 1. The fraction of sp³-hybridized carbons (Fsp3) is 0.300. The van der Waals surface area contributed by atoms with E-state index in [1.54, 1.807) is 7.05 Å². The Bertz CT molecular complexity index is 481. The maximum atomic E-state index is 12.1. The van der Waals surface area contributed by atoms with Gasteiger partial charge < -0.3 is 5.32 Å². The zero-order valence-electron chi connectivity index (χ0n) is 8.70. The molecule has 0 radical (unpaired) electrons. The van der Waals surface area contributed by atoms with Gasteiger partial charge in [-0.1, -0.05) is 12.2 Å². The molecule has 0 aromatic heterocycles. The fourth-order valence-corrected chi connectivity index (χ4v) is 2.84. The summed E-state index contributed by atoms with van der Waals surface area (Å²) in [7, 11) is 1.65. The first kappa shape index (κ1) is 11.9. The van der Waals surface area contributed by atoms with Gasteiger partial charge in [-0.05, 0) is 46.7 Å². The Morgan fingerprint density at radius 3 is 2.75 bits per heavy atom. The van der Waals surface area contributed by atoms with Crippen LogP contribution in [0.15, 0.2) is 21.8 Å². The summed E-state index contributed by atoms with van der Waals surface area (Å²) in [6.07, 6.45) is 1.91. The lowest BCUT2D eigenvalue weighted by atomic mass is 9.89. The van der Waals surface area contributed by atoms with Crippen LogP contribution in [0.2, 0.25) is 0 Å². The summed E-state index contributed by atoms with van der Waals surface area (Å²) in [4.78, 5) is 14.2. The van der Waals surface area contributed by atoms with Crippen LogP contribution >= 0.6 is 40.4 Å². The molecule has 0 aromatic carbocycles. The maximum absolute atomic E-state index is 12.1. The van der Waals surface area contributed by atoms with Crippen molar-refractivity contribution in [1.29, 1.82) is 0 Å². The highest BCUT2D eigenvalue weighted by Gasteiger charge is 2.39. The first-order valence-electron chi connectivity index (χ1n) is 4.64. The Kier molecular flexibility index (Phi) is 2.98.